The summed E-state index contributed by atoms with van der Waals surface area (Å²) >= 11 is 0. The molecule has 0 aliphatic heterocycles. The van der Waals surface area contributed by atoms with Gasteiger partial charge >= 0.3 is 0 Å². The third kappa shape index (κ3) is 9.94. The average molecular weight is 233 g/mol. The molecule has 0 spiro atoms. The van der Waals surface area contributed by atoms with Crippen LogP contribution in [0.25, 0.3) is 0 Å². The first-order chi connectivity index (χ1) is 7.12. The van der Waals surface area contributed by atoms with E-state index in [2.05, 4.69) is 12.2 Å². The van der Waals surface area contributed by atoms with Gasteiger partial charge in [0.1, 0.15) is 0 Å². The van der Waals surface area contributed by atoms with Crippen molar-refractivity contribution in [2.75, 3.05) is 24.6 Å². The minimum Gasteiger partial charge on any atom is -0.317 e. The third-order valence-electron chi connectivity index (χ3n) is 2.02. The molecule has 0 aliphatic carbocycles. The van der Waals surface area contributed by atoms with Crippen LogP contribution < -0.4 is 5.32 Å². The second kappa shape index (κ2) is 8.92. The van der Waals surface area contributed by atoms with Crippen molar-refractivity contribution >= 4 is 9.84 Å². The monoisotopic (exact) mass is 233 g/mol. The first-order valence-electron chi connectivity index (χ1n) is 5.68. The van der Waals surface area contributed by atoms with Crippen molar-refractivity contribution in [1.82, 2.24) is 5.32 Å². The molecule has 0 rings (SSSR count). The lowest BCUT2D eigenvalue weighted by molar-refractivity contribution is 0.594. The van der Waals surface area contributed by atoms with Gasteiger partial charge in [-0.3, -0.25) is 0 Å². The number of allylic oxidation sites excluding steroid dienone is 1. The Morgan fingerprint density at radius 3 is 2.33 bits per heavy atom. The quantitative estimate of drug-likeness (QED) is 0.487. The topological polar surface area (TPSA) is 46.2 Å². The summed E-state index contributed by atoms with van der Waals surface area (Å²) in [6, 6.07) is 0. The van der Waals surface area contributed by atoms with Gasteiger partial charge in [-0.05, 0) is 32.4 Å². The Morgan fingerprint density at radius 1 is 1.07 bits per heavy atom. The maximum atomic E-state index is 11.3. The van der Waals surface area contributed by atoms with E-state index in [1.807, 2.05) is 19.1 Å². The number of rotatable bonds is 9. The van der Waals surface area contributed by atoms with Crippen molar-refractivity contribution in [3.05, 3.63) is 12.2 Å². The zero-order valence-electron chi connectivity index (χ0n) is 9.83. The summed E-state index contributed by atoms with van der Waals surface area (Å²) in [4.78, 5) is 0. The predicted molar refractivity (Wildman–Crippen MR) is 65.9 cm³/mol. The lowest BCUT2D eigenvalue weighted by Gasteiger charge is -1.99. The zero-order valence-corrected chi connectivity index (χ0v) is 10.6. The molecule has 0 heterocycles. The standard InChI is InChI=1S/C11H23NO2S/c1-3-10-15(13,14)11-8-6-5-7-9-12-4-2/h5-6,12H,3-4,7-11H2,1-2H3/b6-5+. The predicted octanol–water partition coefficient (Wildman–Crippen LogP) is 1.76. The molecule has 15 heavy (non-hydrogen) atoms. The fraction of sp³-hybridized carbons (Fsp3) is 0.818. The van der Waals surface area contributed by atoms with Crippen LogP contribution in [0.4, 0.5) is 0 Å². The van der Waals surface area contributed by atoms with Gasteiger partial charge in [0, 0.05) is 5.75 Å². The second-order valence-corrected chi connectivity index (χ2v) is 5.86. The maximum Gasteiger partial charge on any atom is 0.150 e. The van der Waals surface area contributed by atoms with Gasteiger partial charge < -0.3 is 5.32 Å². The van der Waals surface area contributed by atoms with Gasteiger partial charge in [0.25, 0.3) is 0 Å². The third-order valence-corrected chi connectivity index (χ3v) is 3.90. The van der Waals surface area contributed by atoms with Crippen molar-refractivity contribution in [3.8, 4) is 0 Å². The van der Waals surface area contributed by atoms with Crippen LogP contribution in [0, 0.1) is 0 Å². The molecule has 0 unspecified atom stereocenters. The lowest BCUT2D eigenvalue weighted by Crippen LogP contribution is -2.13. The van der Waals surface area contributed by atoms with Crippen LogP contribution >= 0.6 is 0 Å². The zero-order chi connectivity index (χ0) is 11.6. The smallest absolute Gasteiger partial charge is 0.150 e. The largest absolute Gasteiger partial charge is 0.317 e. The van der Waals surface area contributed by atoms with Crippen molar-refractivity contribution in [1.29, 1.82) is 0 Å². The molecule has 0 atom stereocenters. The molecule has 0 bridgehead atoms. The molecule has 0 aromatic rings. The molecule has 90 valence electrons. The molecule has 0 saturated carbocycles. The molecule has 0 saturated heterocycles. The van der Waals surface area contributed by atoms with E-state index >= 15 is 0 Å². The van der Waals surface area contributed by atoms with Crippen LogP contribution in [0.3, 0.4) is 0 Å². The molecule has 0 amide bonds. The van der Waals surface area contributed by atoms with Gasteiger partial charge in [0.15, 0.2) is 9.84 Å². The number of nitrogens with one attached hydrogen (secondary N) is 1. The Labute approximate surface area is 93.9 Å². The molecule has 0 aromatic carbocycles. The Balaban J connectivity index is 3.52. The molecule has 3 nitrogen and oxygen atoms in total. The van der Waals surface area contributed by atoms with Gasteiger partial charge in [0.2, 0.25) is 0 Å². The highest BCUT2D eigenvalue weighted by Crippen LogP contribution is 1.97. The highest BCUT2D eigenvalue weighted by molar-refractivity contribution is 7.91. The van der Waals surface area contributed by atoms with E-state index in [-0.39, 0.29) is 0 Å². The van der Waals surface area contributed by atoms with E-state index in [1.165, 1.54) is 0 Å². The van der Waals surface area contributed by atoms with Crippen molar-refractivity contribution < 1.29 is 8.42 Å². The summed E-state index contributed by atoms with van der Waals surface area (Å²) in [5, 5.41) is 3.21. The molecule has 4 heteroatoms. The maximum absolute atomic E-state index is 11.3. The van der Waals surface area contributed by atoms with E-state index in [1.54, 1.807) is 0 Å². The fourth-order valence-corrected chi connectivity index (χ4v) is 2.58. The molecule has 1 N–H and O–H groups in total. The van der Waals surface area contributed by atoms with Gasteiger partial charge in [0.05, 0.1) is 5.75 Å². The summed E-state index contributed by atoms with van der Waals surface area (Å²) in [6.07, 6.45) is 6.34. The van der Waals surface area contributed by atoms with E-state index in [0.29, 0.717) is 24.3 Å². The molecule has 0 aromatic heterocycles. The molecular weight excluding hydrogens is 210 g/mol. The normalized spacial score (nSPS) is 12.4. The van der Waals surface area contributed by atoms with Gasteiger partial charge in [-0.2, -0.15) is 0 Å². The molecule has 0 radical (unpaired) electrons. The highest BCUT2D eigenvalue weighted by Gasteiger charge is 2.06. The van der Waals surface area contributed by atoms with Crippen LogP contribution in [0.2, 0.25) is 0 Å². The average Bonchev–Trinajstić information content (AvgIpc) is 2.16. The molecule has 0 aliphatic rings. The van der Waals surface area contributed by atoms with Crippen LogP contribution in [0.5, 0.6) is 0 Å². The van der Waals surface area contributed by atoms with Gasteiger partial charge in [-0.1, -0.05) is 26.0 Å². The Bertz CT molecular complexity index is 258. The first-order valence-corrected chi connectivity index (χ1v) is 7.50. The summed E-state index contributed by atoms with van der Waals surface area (Å²) in [7, 11) is -2.80. The SMILES string of the molecule is CCCS(=O)(=O)CC/C=C/CCNCC. The second-order valence-electron chi connectivity index (χ2n) is 3.55. The Kier molecular flexibility index (Phi) is 8.71. The Morgan fingerprint density at radius 2 is 1.73 bits per heavy atom. The fourth-order valence-electron chi connectivity index (χ4n) is 1.26. The van der Waals surface area contributed by atoms with E-state index in [0.717, 1.165) is 19.5 Å². The minimum absolute atomic E-state index is 0.290. The summed E-state index contributed by atoms with van der Waals surface area (Å²) in [5.41, 5.74) is 0. The van der Waals surface area contributed by atoms with Crippen molar-refractivity contribution in [2.24, 2.45) is 0 Å². The van der Waals surface area contributed by atoms with Crippen LogP contribution in [-0.2, 0) is 9.84 Å². The summed E-state index contributed by atoms with van der Waals surface area (Å²) in [6.45, 7) is 5.91. The minimum atomic E-state index is -2.80. The molecular formula is C11H23NO2S. The van der Waals surface area contributed by atoms with Crippen LogP contribution in [0.1, 0.15) is 33.1 Å². The van der Waals surface area contributed by atoms with Crippen molar-refractivity contribution in [2.45, 2.75) is 33.1 Å². The Hall–Kier alpha value is -0.350. The summed E-state index contributed by atoms with van der Waals surface area (Å²) in [5.74, 6) is 0.608. The van der Waals surface area contributed by atoms with Crippen LogP contribution in [0.15, 0.2) is 12.2 Å². The van der Waals surface area contributed by atoms with E-state index < -0.39 is 9.84 Å². The number of sulfone groups is 1. The summed E-state index contributed by atoms with van der Waals surface area (Å²) < 4.78 is 22.6. The molecule has 0 fully saturated rings. The first kappa shape index (κ1) is 14.6. The van der Waals surface area contributed by atoms with Gasteiger partial charge in [-0.15, -0.1) is 0 Å². The van der Waals surface area contributed by atoms with E-state index in [4.69, 9.17) is 0 Å². The van der Waals surface area contributed by atoms with E-state index in [9.17, 15) is 8.42 Å². The number of hydrogen-bond donors (Lipinski definition) is 1. The van der Waals surface area contributed by atoms with Gasteiger partial charge in [-0.25, -0.2) is 8.42 Å². The highest BCUT2D eigenvalue weighted by atomic mass is 32.2. The lowest BCUT2D eigenvalue weighted by atomic mass is 10.3. The van der Waals surface area contributed by atoms with Crippen molar-refractivity contribution in [3.63, 3.8) is 0 Å². The van der Waals surface area contributed by atoms with Crippen LogP contribution in [-0.4, -0.2) is 33.0 Å². The number of hydrogen-bond acceptors (Lipinski definition) is 3.